The molecule has 18 heavy (non-hydrogen) atoms. The van der Waals surface area contributed by atoms with Gasteiger partial charge in [-0.3, -0.25) is 0 Å². The summed E-state index contributed by atoms with van der Waals surface area (Å²) < 4.78 is 5.44. The molecule has 1 fully saturated rings. The molecule has 2 N–H and O–H groups in total. The van der Waals surface area contributed by atoms with Gasteiger partial charge in [-0.25, -0.2) is 0 Å². The fraction of sp³-hybridized carbons (Fsp3) is 0.467. The maximum absolute atomic E-state index is 5.44. The molecule has 1 saturated heterocycles. The van der Waals surface area contributed by atoms with Crippen molar-refractivity contribution in [2.24, 2.45) is 0 Å². The minimum Gasteiger partial charge on any atom is -0.495 e. The number of fused-ring (bicyclic) bond motifs is 1. The van der Waals surface area contributed by atoms with Crippen molar-refractivity contribution in [3.05, 3.63) is 29.5 Å². The van der Waals surface area contributed by atoms with Crippen molar-refractivity contribution in [3.8, 4) is 5.75 Å². The Kier molecular flexibility index (Phi) is 3.00. The first-order chi connectivity index (χ1) is 8.81. The average Bonchev–Trinajstić information content (AvgIpc) is 2.86. The van der Waals surface area contributed by atoms with Gasteiger partial charge in [-0.05, 0) is 56.0 Å². The van der Waals surface area contributed by atoms with Gasteiger partial charge in [0.1, 0.15) is 5.75 Å². The van der Waals surface area contributed by atoms with Crippen LogP contribution in [-0.4, -0.2) is 25.2 Å². The van der Waals surface area contributed by atoms with Crippen LogP contribution in [0.15, 0.2) is 18.3 Å². The third-order valence-corrected chi connectivity index (χ3v) is 4.04. The summed E-state index contributed by atoms with van der Waals surface area (Å²) in [4.78, 5) is 3.40. The van der Waals surface area contributed by atoms with Crippen molar-refractivity contribution in [3.63, 3.8) is 0 Å². The molecule has 1 aromatic carbocycles. The number of benzene rings is 1. The number of H-pyrrole nitrogens is 1. The Balaban J connectivity index is 2.12. The van der Waals surface area contributed by atoms with E-state index in [0.717, 1.165) is 24.4 Å². The van der Waals surface area contributed by atoms with Gasteiger partial charge in [-0.1, -0.05) is 6.07 Å². The summed E-state index contributed by atoms with van der Waals surface area (Å²) in [5.74, 6) is 1.61. The Bertz CT molecular complexity index is 553. The molecule has 0 saturated carbocycles. The molecule has 0 atom stereocenters. The van der Waals surface area contributed by atoms with Crippen molar-refractivity contribution in [2.45, 2.75) is 25.7 Å². The highest BCUT2D eigenvalue weighted by Crippen LogP contribution is 2.36. The van der Waals surface area contributed by atoms with Crippen LogP contribution in [0.3, 0.4) is 0 Å². The van der Waals surface area contributed by atoms with Gasteiger partial charge in [-0.15, -0.1) is 0 Å². The maximum Gasteiger partial charge on any atom is 0.142 e. The topological polar surface area (TPSA) is 37.0 Å². The molecule has 1 aliphatic heterocycles. The van der Waals surface area contributed by atoms with Crippen molar-refractivity contribution in [2.75, 3.05) is 20.2 Å². The number of methoxy groups -OCH3 is 1. The molecule has 1 aromatic heterocycles. The van der Waals surface area contributed by atoms with E-state index in [2.05, 4.69) is 29.5 Å². The summed E-state index contributed by atoms with van der Waals surface area (Å²) in [6.07, 6.45) is 4.63. The first-order valence-corrected chi connectivity index (χ1v) is 6.66. The lowest BCUT2D eigenvalue weighted by atomic mass is 9.89. The van der Waals surface area contributed by atoms with Gasteiger partial charge in [-0.2, -0.15) is 0 Å². The van der Waals surface area contributed by atoms with E-state index < -0.39 is 0 Å². The van der Waals surface area contributed by atoms with E-state index in [1.165, 1.54) is 29.4 Å². The second kappa shape index (κ2) is 4.65. The molecule has 0 bridgehead atoms. The minimum atomic E-state index is 0.672. The molecular weight excluding hydrogens is 224 g/mol. The molecule has 3 heteroatoms. The van der Waals surface area contributed by atoms with E-state index in [9.17, 15) is 0 Å². The first-order valence-electron chi connectivity index (χ1n) is 6.66. The predicted molar refractivity (Wildman–Crippen MR) is 74.4 cm³/mol. The second-order valence-corrected chi connectivity index (χ2v) is 5.10. The van der Waals surface area contributed by atoms with Gasteiger partial charge in [0.15, 0.2) is 0 Å². The summed E-state index contributed by atoms with van der Waals surface area (Å²) in [5, 5.41) is 4.79. The highest BCUT2D eigenvalue weighted by Gasteiger charge is 2.20. The fourth-order valence-electron chi connectivity index (χ4n) is 3.05. The van der Waals surface area contributed by atoms with Gasteiger partial charge in [0, 0.05) is 11.6 Å². The molecule has 0 radical (unpaired) electrons. The van der Waals surface area contributed by atoms with Crippen LogP contribution in [-0.2, 0) is 0 Å². The van der Waals surface area contributed by atoms with E-state index in [4.69, 9.17) is 4.74 Å². The molecule has 0 spiro atoms. The van der Waals surface area contributed by atoms with Crippen LogP contribution >= 0.6 is 0 Å². The number of hydrogen-bond acceptors (Lipinski definition) is 2. The van der Waals surface area contributed by atoms with Crippen LogP contribution < -0.4 is 10.1 Å². The molecular formula is C15H20N2O. The number of nitrogens with one attached hydrogen (secondary N) is 2. The van der Waals surface area contributed by atoms with Gasteiger partial charge >= 0.3 is 0 Å². The van der Waals surface area contributed by atoms with Crippen LogP contribution in [0.4, 0.5) is 0 Å². The summed E-state index contributed by atoms with van der Waals surface area (Å²) in [5.41, 5.74) is 3.94. The Morgan fingerprint density at radius 3 is 2.72 bits per heavy atom. The van der Waals surface area contributed by atoms with Crippen LogP contribution in [0.25, 0.3) is 10.9 Å². The molecule has 1 aliphatic rings. The van der Waals surface area contributed by atoms with Crippen molar-refractivity contribution in [1.29, 1.82) is 0 Å². The molecule has 3 rings (SSSR count). The lowest BCUT2D eigenvalue weighted by Gasteiger charge is -2.22. The highest BCUT2D eigenvalue weighted by atomic mass is 16.5. The Labute approximate surface area is 108 Å². The summed E-state index contributed by atoms with van der Waals surface area (Å²) >= 11 is 0. The normalized spacial score (nSPS) is 17.2. The maximum atomic E-state index is 5.44. The smallest absolute Gasteiger partial charge is 0.142 e. The molecule has 2 heterocycles. The Morgan fingerprint density at radius 1 is 1.22 bits per heavy atom. The van der Waals surface area contributed by atoms with E-state index in [0.29, 0.717) is 5.92 Å². The number of aromatic nitrogens is 1. The van der Waals surface area contributed by atoms with Gasteiger partial charge in [0.2, 0.25) is 0 Å². The van der Waals surface area contributed by atoms with Gasteiger partial charge in [0.25, 0.3) is 0 Å². The fourth-order valence-corrected chi connectivity index (χ4v) is 3.05. The molecule has 3 nitrogen and oxygen atoms in total. The zero-order valence-electron chi connectivity index (χ0n) is 11.0. The van der Waals surface area contributed by atoms with Crippen LogP contribution in [0.2, 0.25) is 0 Å². The monoisotopic (exact) mass is 244 g/mol. The molecule has 96 valence electrons. The molecule has 0 amide bonds. The number of piperidine rings is 1. The number of aryl methyl sites for hydroxylation is 1. The summed E-state index contributed by atoms with van der Waals surface area (Å²) in [6, 6.07) is 4.19. The molecule has 2 aromatic rings. The van der Waals surface area contributed by atoms with E-state index >= 15 is 0 Å². The Hall–Kier alpha value is -1.48. The van der Waals surface area contributed by atoms with E-state index in [1.54, 1.807) is 7.11 Å². The quantitative estimate of drug-likeness (QED) is 0.852. The van der Waals surface area contributed by atoms with Crippen LogP contribution in [0.5, 0.6) is 5.75 Å². The number of aromatic amines is 1. The number of hydrogen-bond donors (Lipinski definition) is 2. The van der Waals surface area contributed by atoms with E-state index in [-0.39, 0.29) is 0 Å². The number of ether oxygens (including phenoxy) is 1. The lowest BCUT2D eigenvalue weighted by Crippen LogP contribution is -2.26. The van der Waals surface area contributed by atoms with Crippen molar-refractivity contribution < 1.29 is 4.74 Å². The lowest BCUT2D eigenvalue weighted by molar-refractivity contribution is 0.419. The second-order valence-electron chi connectivity index (χ2n) is 5.10. The highest BCUT2D eigenvalue weighted by molar-refractivity contribution is 5.91. The third-order valence-electron chi connectivity index (χ3n) is 4.04. The summed E-state index contributed by atoms with van der Waals surface area (Å²) in [6.45, 7) is 4.43. The third kappa shape index (κ3) is 1.79. The zero-order valence-corrected chi connectivity index (χ0v) is 11.0. The minimum absolute atomic E-state index is 0.672. The average molecular weight is 244 g/mol. The van der Waals surface area contributed by atoms with E-state index in [1.807, 2.05) is 6.07 Å². The molecule has 0 aliphatic carbocycles. The molecule has 0 unspecified atom stereocenters. The van der Waals surface area contributed by atoms with Crippen LogP contribution in [0, 0.1) is 6.92 Å². The SMILES string of the molecule is COc1ccc(C)c2c(C3CCNCC3)c[nH]c12. The first kappa shape index (κ1) is 11.6. The summed E-state index contributed by atoms with van der Waals surface area (Å²) in [7, 11) is 1.73. The van der Waals surface area contributed by atoms with Crippen LogP contribution in [0.1, 0.15) is 29.9 Å². The van der Waals surface area contributed by atoms with Crippen molar-refractivity contribution in [1.82, 2.24) is 10.3 Å². The largest absolute Gasteiger partial charge is 0.495 e. The number of rotatable bonds is 2. The standard InChI is InChI=1S/C15H20N2O/c1-10-3-4-13(18-2)15-14(10)12(9-17-15)11-5-7-16-8-6-11/h3-4,9,11,16-17H,5-8H2,1-2H3. The van der Waals surface area contributed by atoms with Gasteiger partial charge in [0.05, 0.1) is 12.6 Å². The van der Waals surface area contributed by atoms with Gasteiger partial charge < -0.3 is 15.0 Å². The Morgan fingerprint density at radius 2 is 2.00 bits per heavy atom. The van der Waals surface area contributed by atoms with Crippen molar-refractivity contribution >= 4 is 10.9 Å². The zero-order chi connectivity index (χ0) is 12.5. The predicted octanol–water partition coefficient (Wildman–Crippen LogP) is 2.95.